The third-order valence-corrected chi connectivity index (χ3v) is 3.15. The molecule has 0 spiro atoms. The third kappa shape index (κ3) is 2.76. The van der Waals surface area contributed by atoms with Crippen LogP contribution in [0.4, 0.5) is 0 Å². The monoisotopic (exact) mass is 207 g/mol. The Labute approximate surface area is 91.5 Å². The molecule has 0 bridgehead atoms. The van der Waals surface area contributed by atoms with E-state index in [1.807, 2.05) is 0 Å². The molecular weight excluding hydrogens is 190 g/mol. The molecule has 2 rings (SSSR count). The molecule has 0 radical (unpaired) electrons. The van der Waals surface area contributed by atoms with E-state index in [0.29, 0.717) is 5.25 Å². The summed E-state index contributed by atoms with van der Waals surface area (Å²) in [5.41, 5.74) is 1.41. The highest BCUT2D eigenvalue weighted by Gasteiger charge is 2.16. The summed E-state index contributed by atoms with van der Waals surface area (Å²) in [7, 11) is 0. The van der Waals surface area contributed by atoms with Gasteiger partial charge in [0.2, 0.25) is 0 Å². The zero-order valence-corrected chi connectivity index (χ0v) is 9.29. The minimum atomic E-state index is 0.576. The van der Waals surface area contributed by atoms with E-state index < -0.39 is 0 Å². The fraction of sp³-hybridized carbons (Fsp3) is 0.500. The normalized spacial score (nSPS) is 23.6. The Morgan fingerprint density at radius 2 is 2.07 bits per heavy atom. The van der Waals surface area contributed by atoms with Gasteiger partial charge < -0.3 is 0 Å². The van der Waals surface area contributed by atoms with Crippen LogP contribution in [0.15, 0.2) is 30.3 Å². The molecule has 2 heteroatoms. The quantitative estimate of drug-likeness (QED) is 0.730. The fourth-order valence-corrected chi connectivity index (χ4v) is 2.43. The van der Waals surface area contributed by atoms with E-state index in [4.69, 9.17) is 0 Å². The van der Waals surface area contributed by atoms with E-state index in [1.165, 1.54) is 24.9 Å². The Kier molecular flexibility index (Phi) is 3.49. The zero-order chi connectivity index (χ0) is 9.80. The summed E-state index contributed by atoms with van der Waals surface area (Å²) in [5.74, 6) is 0. The topological polar surface area (TPSA) is 3.24 Å². The van der Waals surface area contributed by atoms with Gasteiger partial charge in [-0.25, -0.2) is 0 Å². The van der Waals surface area contributed by atoms with Gasteiger partial charge in [-0.3, -0.25) is 4.90 Å². The summed E-state index contributed by atoms with van der Waals surface area (Å²) in [6, 6.07) is 10.7. The lowest BCUT2D eigenvalue weighted by Crippen LogP contribution is -2.35. The highest BCUT2D eigenvalue weighted by Crippen LogP contribution is 2.16. The molecule has 14 heavy (non-hydrogen) atoms. The lowest BCUT2D eigenvalue weighted by Gasteiger charge is -2.30. The summed E-state index contributed by atoms with van der Waals surface area (Å²) in [4.78, 5) is 2.50. The van der Waals surface area contributed by atoms with Gasteiger partial charge in [0, 0.05) is 18.3 Å². The molecule has 0 amide bonds. The third-order valence-electron chi connectivity index (χ3n) is 2.73. The van der Waals surface area contributed by atoms with Gasteiger partial charge in [-0.15, -0.1) is 0 Å². The molecule has 0 unspecified atom stereocenters. The molecule has 1 heterocycles. The molecule has 1 atom stereocenters. The van der Waals surface area contributed by atoms with Crippen molar-refractivity contribution in [2.45, 2.75) is 24.6 Å². The number of hydrogen-bond donors (Lipinski definition) is 1. The Balaban J connectivity index is 1.91. The SMILES string of the molecule is S[C@@H]1CCCN(Cc2ccccc2)C1. The molecule has 1 nitrogen and oxygen atoms in total. The van der Waals surface area contributed by atoms with Crippen LogP contribution >= 0.6 is 12.6 Å². The van der Waals surface area contributed by atoms with Crippen LogP contribution in [-0.4, -0.2) is 23.2 Å². The second-order valence-corrected chi connectivity index (χ2v) is 4.75. The van der Waals surface area contributed by atoms with Crippen LogP contribution in [0.25, 0.3) is 0 Å². The van der Waals surface area contributed by atoms with E-state index in [9.17, 15) is 0 Å². The Morgan fingerprint density at radius 3 is 2.79 bits per heavy atom. The van der Waals surface area contributed by atoms with E-state index in [1.54, 1.807) is 0 Å². The van der Waals surface area contributed by atoms with Crippen LogP contribution in [0.5, 0.6) is 0 Å². The summed E-state index contributed by atoms with van der Waals surface area (Å²) in [5, 5.41) is 0.576. The number of hydrogen-bond acceptors (Lipinski definition) is 2. The molecule has 1 aromatic carbocycles. The first-order valence-electron chi connectivity index (χ1n) is 5.29. The van der Waals surface area contributed by atoms with Crippen LogP contribution < -0.4 is 0 Å². The van der Waals surface area contributed by atoms with Crippen molar-refractivity contribution in [3.8, 4) is 0 Å². The van der Waals surface area contributed by atoms with Crippen molar-refractivity contribution in [2.24, 2.45) is 0 Å². The molecule has 1 fully saturated rings. The molecular formula is C12H17NS. The maximum absolute atomic E-state index is 4.55. The number of nitrogens with zero attached hydrogens (tertiary/aromatic N) is 1. The predicted octanol–water partition coefficient (Wildman–Crippen LogP) is 2.58. The zero-order valence-electron chi connectivity index (χ0n) is 8.39. The van der Waals surface area contributed by atoms with Crippen molar-refractivity contribution in [3.63, 3.8) is 0 Å². The van der Waals surface area contributed by atoms with E-state index in [2.05, 4.69) is 47.9 Å². The van der Waals surface area contributed by atoms with Crippen molar-refractivity contribution >= 4 is 12.6 Å². The number of likely N-dealkylation sites (tertiary alicyclic amines) is 1. The molecule has 1 aliphatic rings. The highest BCUT2D eigenvalue weighted by atomic mass is 32.1. The van der Waals surface area contributed by atoms with Crippen LogP contribution in [-0.2, 0) is 6.54 Å². The molecule has 1 aliphatic heterocycles. The van der Waals surface area contributed by atoms with Gasteiger partial charge in [0.15, 0.2) is 0 Å². The maximum atomic E-state index is 4.55. The van der Waals surface area contributed by atoms with Crippen LogP contribution in [0.1, 0.15) is 18.4 Å². The second kappa shape index (κ2) is 4.85. The Morgan fingerprint density at radius 1 is 1.29 bits per heavy atom. The Bertz CT molecular complexity index is 273. The number of thiol groups is 1. The average Bonchev–Trinajstić information content (AvgIpc) is 2.19. The van der Waals surface area contributed by atoms with Gasteiger partial charge in [0.05, 0.1) is 0 Å². The van der Waals surface area contributed by atoms with Gasteiger partial charge in [-0.1, -0.05) is 30.3 Å². The first kappa shape index (κ1) is 10.1. The lowest BCUT2D eigenvalue weighted by atomic mass is 10.1. The molecule has 1 aromatic rings. The minimum Gasteiger partial charge on any atom is -0.298 e. The highest BCUT2D eigenvalue weighted by molar-refractivity contribution is 7.81. The largest absolute Gasteiger partial charge is 0.298 e. The average molecular weight is 207 g/mol. The van der Waals surface area contributed by atoms with Crippen LogP contribution in [0.3, 0.4) is 0 Å². The van der Waals surface area contributed by atoms with Gasteiger partial charge in [-0.05, 0) is 24.9 Å². The first-order valence-corrected chi connectivity index (χ1v) is 5.80. The van der Waals surface area contributed by atoms with Crippen molar-refractivity contribution in [1.29, 1.82) is 0 Å². The summed E-state index contributed by atoms with van der Waals surface area (Å²) in [6.45, 7) is 3.45. The lowest BCUT2D eigenvalue weighted by molar-refractivity contribution is 0.226. The predicted molar refractivity (Wildman–Crippen MR) is 63.7 cm³/mol. The Hall–Kier alpha value is -0.470. The van der Waals surface area contributed by atoms with Crippen molar-refractivity contribution < 1.29 is 0 Å². The molecule has 0 saturated carbocycles. The van der Waals surface area contributed by atoms with Crippen molar-refractivity contribution in [2.75, 3.05) is 13.1 Å². The summed E-state index contributed by atoms with van der Waals surface area (Å²) >= 11 is 4.55. The molecule has 1 saturated heterocycles. The van der Waals surface area contributed by atoms with Crippen molar-refractivity contribution in [1.82, 2.24) is 4.90 Å². The number of benzene rings is 1. The second-order valence-electron chi connectivity index (χ2n) is 4.02. The van der Waals surface area contributed by atoms with Crippen LogP contribution in [0, 0.1) is 0 Å². The van der Waals surface area contributed by atoms with Crippen molar-refractivity contribution in [3.05, 3.63) is 35.9 Å². The summed E-state index contributed by atoms with van der Waals surface area (Å²) < 4.78 is 0. The molecule has 76 valence electrons. The van der Waals surface area contributed by atoms with E-state index in [-0.39, 0.29) is 0 Å². The van der Waals surface area contributed by atoms with E-state index in [0.717, 1.165) is 13.1 Å². The molecule has 0 aliphatic carbocycles. The smallest absolute Gasteiger partial charge is 0.0234 e. The van der Waals surface area contributed by atoms with E-state index >= 15 is 0 Å². The first-order chi connectivity index (χ1) is 6.84. The molecule has 0 N–H and O–H groups in total. The van der Waals surface area contributed by atoms with Gasteiger partial charge in [-0.2, -0.15) is 12.6 Å². The number of piperidine rings is 1. The maximum Gasteiger partial charge on any atom is 0.0234 e. The molecule has 0 aromatic heterocycles. The van der Waals surface area contributed by atoms with Gasteiger partial charge >= 0.3 is 0 Å². The number of rotatable bonds is 2. The van der Waals surface area contributed by atoms with Gasteiger partial charge in [0.1, 0.15) is 0 Å². The fourth-order valence-electron chi connectivity index (χ4n) is 2.02. The standard InChI is InChI=1S/C12H17NS/c14-12-7-4-8-13(10-12)9-11-5-2-1-3-6-11/h1-3,5-6,12,14H,4,7-10H2/t12-/m1/s1. The van der Waals surface area contributed by atoms with Gasteiger partial charge in [0.25, 0.3) is 0 Å². The van der Waals surface area contributed by atoms with Crippen LogP contribution in [0.2, 0.25) is 0 Å². The minimum absolute atomic E-state index is 0.576. The summed E-state index contributed by atoms with van der Waals surface area (Å²) in [6.07, 6.45) is 2.56.